The largest absolute Gasteiger partial charge is 0.444 e. The molecule has 1 aromatic carbocycles. The van der Waals surface area contributed by atoms with Gasteiger partial charge in [0.2, 0.25) is 11.8 Å². The van der Waals surface area contributed by atoms with E-state index >= 15 is 0 Å². The summed E-state index contributed by atoms with van der Waals surface area (Å²) in [7, 11) is 0. The summed E-state index contributed by atoms with van der Waals surface area (Å²) in [5.74, 6) is -0.870. The van der Waals surface area contributed by atoms with E-state index in [1.807, 2.05) is 39.0 Å². The van der Waals surface area contributed by atoms with Crippen LogP contribution in [0.5, 0.6) is 0 Å². The van der Waals surface area contributed by atoms with Crippen molar-refractivity contribution in [3.63, 3.8) is 0 Å². The summed E-state index contributed by atoms with van der Waals surface area (Å²) < 4.78 is 5.51. The number of benzene rings is 1. The first-order valence-corrected chi connectivity index (χ1v) is 10.2. The van der Waals surface area contributed by atoms with Gasteiger partial charge in [0.15, 0.2) is 0 Å². The molecule has 29 heavy (non-hydrogen) atoms. The van der Waals surface area contributed by atoms with Gasteiger partial charge in [0.05, 0.1) is 5.92 Å². The highest BCUT2D eigenvalue weighted by molar-refractivity contribution is 5.88. The molecule has 3 rings (SSSR count). The van der Waals surface area contributed by atoms with Crippen LogP contribution < -0.4 is 5.73 Å². The van der Waals surface area contributed by atoms with E-state index in [-0.39, 0.29) is 23.8 Å². The second-order valence-electron chi connectivity index (χ2n) is 9.19. The Labute approximate surface area is 172 Å². The Kier molecular flexibility index (Phi) is 5.87. The molecule has 0 spiro atoms. The summed E-state index contributed by atoms with van der Waals surface area (Å²) in [6.45, 7) is 7.60. The normalized spacial score (nSPS) is 21.9. The highest BCUT2D eigenvalue weighted by Gasteiger charge is 2.43. The number of nitrogens with zero attached hydrogens (tertiary/aromatic N) is 2. The first-order valence-electron chi connectivity index (χ1n) is 10.2. The number of nitrogens with two attached hydrogens (primary N) is 1. The molecule has 158 valence electrons. The Balaban J connectivity index is 1.76. The monoisotopic (exact) mass is 401 g/mol. The molecule has 2 heterocycles. The van der Waals surface area contributed by atoms with Crippen LogP contribution in [0.15, 0.2) is 30.3 Å². The number of primary amides is 1. The van der Waals surface area contributed by atoms with Crippen molar-refractivity contribution < 1.29 is 19.1 Å². The van der Waals surface area contributed by atoms with E-state index in [0.29, 0.717) is 26.2 Å². The number of piperidine rings is 1. The van der Waals surface area contributed by atoms with Crippen molar-refractivity contribution in [3.8, 4) is 0 Å². The Hall–Kier alpha value is -2.57. The summed E-state index contributed by atoms with van der Waals surface area (Å²) in [6.07, 6.45) is 1.33. The Morgan fingerprint density at radius 2 is 1.79 bits per heavy atom. The van der Waals surface area contributed by atoms with E-state index in [1.54, 1.807) is 9.80 Å². The molecule has 2 saturated heterocycles. The molecule has 0 aromatic heterocycles. The lowest BCUT2D eigenvalue weighted by atomic mass is 9.72. The summed E-state index contributed by atoms with van der Waals surface area (Å²) in [5.41, 5.74) is 5.78. The molecule has 1 atom stereocenters. The topological polar surface area (TPSA) is 92.9 Å². The quantitative estimate of drug-likeness (QED) is 0.838. The number of carbonyl (C=O) groups excluding carboxylic acids is 3. The number of carbonyl (C=O) groups is 3. The SMILES string of the molecule is CC(C)(C)OC(=O)N1CCC(CN2CC(C(N)=O)CC2=O)(c2ccccc2)CC1. The highest BCUT2D eigenvalue weighted by Crippen LogP contribution is 2.38. The van der Waals surface area contributed by atoms with Crippen LogP contribution in [-0.2, 0) is 19.7 Å². The Morgan fingerprint density at radius 1 is 1.17 bits per heavy atom. The maximum Gasteiger partial charge on any atom is 0.410 e. The molecular weight excluding hydrogens is 370 g/mol. The van der Waals surface area contributed by atoms with Crippen molar-refractivity contribution in [2.75, 3.05) is 26.2 Å². The molecule has 2 aliphatic heterocycles. The molecule has 2 N–H and O–H groups in total. The van der Waals surface area contributed by atoms with Crippen LogP contribution in [0, 0.1) is 5.92 Å². The number of rotatable bonds is 4. The first-order chi connectivity index (χ1) is 13.6. The predicted octanol–water partition coefficient (Wildman–Crippen LogP) is 2.29. The molecule has 0 bridgehead atoms. The van der Waals surface area contributed by atoms with Gasteiger partial charge in [0.1, 0.15) is 5.60 Å². The number of likely N-dealkylation sites (tertiary alicyclic amines) is 2. The number of hydrogen-bond acceptors (Lipinski definition) is 4. The maximum atomic E-state index is 12.5. The molecule has 1 unspecified atom stereocenters. The molecule has 7 heteroatoms. The fourth-order valence-electron chi connectivity index (χ4n) is 4.25. The van der Waals surface area contributed by atoms with E-state index in [0.717, 1.165) is 18.4 Å². The van der Waals surface area contributed by atoms with Crippen molar-refractivity contribution in [1.29, 1.82) is 0 Å². The molecule has 7 nitrogen and oxygen atoms in total. The molecule has 2 fully saturated rings. The van der Waals surface area contributed by atoms with Gasteiger partial charge in [0.25, 0.3) is 0 Å². The van der Waals surface area contributed by atoms with Crippen LogP contribution in [0.2, 0.25) is 0 Å². The van der Waals surface area contributed by atoms with Gasteiger partial charge in [-0.2, -0.15) is 0 Å². The van der Waals surface area contributed by atoms with Crippen LogP contribution in [-0.4, -0.2) is 59.5 Å². The molecule has 1 aromatic rings. The van der Waals surface area contributed by atoms with Gasteiger partial charge in [-0.1, -0.05) is 30.3 Å². The van der Waals surface area contributed by atoms with Gasteiger partial charge < -0.3 is 20.3 Å². The lowest BCUT2D eigenvalue weighted by molar-refractivity contribution is -0.129. The van der Waals surface area contributed by atoms with Crippen LogP contribution in [0.3, 0.4) is 0 Å². The average molecular weight is 402 g/mol. The van der Waals surface area contributed by atoms with Crippen molar-refractivity contribution in [2.24, 2.45) is 11.7 Å². The van der Waals surface area contributed by atoms with E-state index in [2.05, 4.69) is 12.1 Å². The first kappa shape index (κ1) is 21.1. The molecule has 0 saturated carbocycles. The van der Waals surface area contributed by atoms with Gasteiger partial charge in [0, 0.05) is 38.0 Å². The van der Waals surface area contributed by atoms with Gasteiger partial charge >= 0.3 is 6.09 Å². The zero-order valence-corrected chi connectivity index (χ0v) is 17.5. The standard InChI is InChI=1S/C22H31N3O4/c1-21(2,3)29-20(28)24-11-9-22(10-12-24,17-7-5-4-6-8-17)15-25-14-16(19(23)27)13-18(25)26/h4-8,16H,9-15H2,1-3H3,(H2,23,27). The fraction of sp³-hybridized carbons (Fsp3) is 0.591. The zero-order chi connectivity index (χ0) is 21.2. The van der Waals surface area contributed by atoms with Crippen molar-refractivity contribution in [1.82, 2.24) is 9.80 Å². The summed E-state index contributed by atoms with van der Waals surface area (Å²) in [5, 5.41) is 0. The van der Waals surface area contributed by atoms with E-state index in [9.17, 15) is 14.4 Å². The van der Waals surface area contributed by atoms with E-state index in [1.165, 1.54) is 0 Å². The van der Waals surface area contributed by atoms with Gasteiger partial charge in [-0.15, -0.1) is 0 Å². The lowest BCUT2D eigenvalue weighted by Gasteiger charge is -2.44. The van der Waals surface area contributed by atoms with Crippen LogP contribution in [0.1, 0.15) is 45.6 Å². The van der Waals surface area contributed by atoms with Crippen molar-refractivity contribution >= 4 is 17.9 Å². The average Bonchev–Trinajstić information content (AvgIpc) is 3.02. The summed E-state index contributed by atoms with van der Waals surface area (Å²) in [6, 6.07) is 10.1. The van der Waals surface area contributed by atoms with Crippen LogP contribution in [0.4, 0.5) is 4.79 Å². The third kappa shape index (κ3) is 4.89. The minimum Gasteiger partial charge on any atom is -0.444 e. The van der Waals surface area contributed by atoms with Crippen LogP contribution >= 0.6 is 0 Å². The number of hydrogen-bond donors (Lipinski definition) is 1. The van der Waals surface area contributed by atoms with Gasteiger partial charge in [-0.25, -0.2) is 4.79 Å². The summed E-state index contributed by atoms with van der Waals surface area (Å²) >= 11 is 0. The third-order valence-electron chi connectivity index (χ3n) is 5.87. The van der Waals surface area contributed by atoms with Gasteiger partial charge in [-0.05, 0) is 39.2 Å². The minimum absolute atomic E-state index is 0.0290. The second kappa shape index (κ2) is 8.05. The Bertz CT molecular complexity index is 764. The maximum absolute atomic E-state index is 12.5. The summed E-state index contributed by atoms with van der Waals surface area (Å²) in [4.78, 5) is 40.0. The number of amides is 3. The van der Waals surface area contributed by atoms with E-state index in [4.69, 9.17) is 10.5 Å². The minimum atomic E-state index is -0.531. The highest BCUT2D eigenvalue weighted by atomic mass is 16.6. The molecule has 0 radical (unpaired) electrons. The molecule has 2 aliphatic rings. The lowest BCUT2D eigenvalue weighted by Crippen LogP contribution is -2.51. The fourth-order valence-corrected chi connectivity index (χ4v) is 4.25. The smallest absolute Gasteiger partial charge is 0.410 e. The molecule has 3 amide bonds. The van der Waals surface area contributed by atoms with Gasteiger partial charge in [-0.3, -0.25) is 9.59 Å². The van der Waals surface area contributed by atoms with Crippen LogP contribution in [0.25, 0.3) is 0 Å². The molecule has 0 aliphatic carbocycles. The molecular formula is C22H31N3O4. The second-order valence-corrected chi connectivity index (χ2v) is 9.19. The van der Waals surface area contributed by atoms with Crippen molar-refractivity contribution in [3.05, 3.63) is 35.9 Å². The Morgan fingerprint density at radius 3 is 2.31 bits per heavy atom. The van der Waals surface area contributed by atoms with E-state index < -0.39 is 17.4 Å². The van der Waals surface area contributed by atoms with Crippen molar-refractivity contribution in [2.45, 2.75) is 51.0 Å². The zero-order valence-electron chi connectivity index (χ0n) is 17.5. The number of ether oxygens (including phenoxy) is 1. The third-order valence-corrected chi connectivity index (χ3v) is 5.87. The predicted molar refractivity (Wildman–Crippen MR) is 109 cm³/mol.